The van der Waals surface area contributed by atoms with E-state index in [2.05, 4.69) is 14.7 Å². The van der Waals surface area contributed by atoms with Crippen molar-refractivity contribution < 1.29 is 31.1 Å². The van der Waals surface area contributed by atoms with Crippen LogP contribution in [0.3, 0.4) is 0 Å². The zero-order valence-corrected chi connectivity index (χ0v) is 12.1. The van der Waals surface area contributed by atoms with Gasteiger partial charge in [0.1, 0.15) is 0 Å². The number of hydrogen-bond donors (Lipinski definition) is 0. The maximum Gasteiger partial charge on any atom is 0.436 e. The quantitative estimate of drug-likeness (QED) is 0.779. The number of sulfone groups is 1. The van der Waals surface area contributed by atoms with Crippen molar-refractivity contribution in [2.24, 2.45) is 0 Å². The molecule has 0 aliphatic rings. The molecule has 1 aromatic carbocycles. The van der Waals surface area contributed by atoms with Crippen LogP contribution in [-0.4, -0.2) is 37.7 Å². The van der Waals surface area contributed by atoms with Crippen molar-refractivity contribution in [2.75, 3.05) is 13.4 Å². The molecule has 118 valence electrons. The third-order valence-electron chi connectivity index (χ3n) is 2.67. The first-order valence-corrected chi connectivity index (χ1v) is 7.60. The third kappa shape index (κ3) is 3.01. The van der Waals surface area contributed by atoms with Crippen LogP contribution in [-0.2, 0) is 20.8 Å². The van der Waals surface area contributed by atoms with Crippen LogP contribution in [0.5, 0.6) is 0 Å². The molecule has 0 amide bonds. The van der Waals surface area contributed by atoms with E-state index in [0.29, 0.717) is 6.26 Å². The van der Waals surface area contributed by atoms with E-state index in [1.165, 1.54) is 6.07 Å². The summed E-state index contributed by atoms with van der Waals surface area (Å²) in [5.74, 6) is -0.732. The number of nitrogens with zero attached hydrogens (tertiary/aromatic N) is 2. The van der Waals surface area contributed by atoms with Crippen LogP contribution in [0.25, 0.3) is 11.0 Å². The first kappa shape index (κ1) is 16.1. The number of methoxy groups -OCH3 is 1. The van der Waals surface area contributed by atoms with Gasteiger partial charge in [0, 0.05) is 6.26 Å². The molecule has 0 fully saturated rings. The van der Waals surface area contributed by atoms with Gasteiger partial charge in [-0.15, -0.1) is 0 Å². The van der Waals surface area contributed by atoms with Gasteiger partial charge in [0.05, 0.1) is 23.7 Å². The van der Waals surface area contributed by atoms with Gasteiger partial charge in [0.15, 0.2) is 20.6 Å². The Labute approximate surface area is 122 Å². The van der Waals surface area contributed by atoms with Crippen LogP contribution in [0.2, 0.25) is 0 Å². The number of aromatic nitrogens is 2. The van der Waals surface area contributed by atoms with Crippen LogP contribution in [0.15, 0.2) is 23.2 Å². The van der Waals surface area contributed by atoms with Gasteiger partial charge >= 0.3 is 12.1 Å². The van der Waals surface area contributed by atoms with Gasteiger partial charge in [0.2, 0.25) is 0 Å². The number of carbonyl (C=O) groups is 1. The number of rotatable bonds is 2. The molecule has 1 heterocycles. The van der Waals surface area contributed by atoms with Crippen LogP contribution < -0.4 is 0 Å². The van der Waals surface area contributed by atoms with Crippen molar-refractivity contribution in [1.82, 2.24) is 9.97 Å². The fraction of sp³-hybridized carbons (Fsp3) is 0.250. The predicted octanol–water partition coefficient (Wildman–Crippen LogP) is 1.84. The van der Waals surface area contributed by atoms with Gasteiger partial charge in [-0.1, -0.05) is 0 Å². The lowest BCUT2D eigenvalue weighted by Gasteiger charge is -2.11. The molecule has 0 atom stereocenters. The maximum absolute atomic E-state index is 12.9. The molecule has 22 heavy (non-hydrogen) atoms. The second-order valence-corrected chi connectivity index (χ2v) is 6.27. The highest BCUT2D eigenvalue weighted by Gasteiger charge is 2.39. The van der Waals surface area contributed by atoms with E-state index in [0.717, 1.165) is 19.2 Å². The highest BCUT2D eigenvalue weighted by molar-refractivity contribution is 7.90. The molecule has 10 heteroatoms. The summed E-state index contributed by atoms with van der Waals surface area (Å²) in [6.45, 7) is 0. The largest absolute Gasteiger partial charge is 0.465 e. The molecule has 0 radical (unpaired) electrons. The lowest BCUT2D eigenvalue weighted by atomic mass is 10.2. The molecule has 2 aromatic rings. The number of alkyl halides is 3. The third-order valence-corrected chi connectivity index (χ3v) is 3.66. The first-order valence-electron chi connectivity index (χ1n) is 5.71. The van der Waals surface area contributed by atoms with Gasteiger partial charge in [-0.3, -0.25) is 0 Å². The first-order chi connectivity index (χ1) is 10.0. The standard InChI is InChI=1S/C12H9F3N2O4S/c1-21-11(18)6-3-4-7-8(5-6)17-10(22(2,19)20)9(16-7)12(13,14)15/h3-5H,1-2H3. The van der Waals surface area contributed by atoms with Gasteiger partial charge in [-0.2, -0.15) is 13.2 Å². The van der Waals surface area contributed by atoms with Crippen LogP contribution in [0.4, 0.5) is 13.2 Å². The van der Waals surface area contributed by atoms with Crippen molar-refractivity contribution in [3.8, 4) is 0 Å². The molecule has 0 bridgehead atoms. The van der Waals surface area contributed by atoms with Crippen molar-refractivity contribution in [2.45, 2.75) is 11.2 Å². The molecular formula is C12H9F3N2O4S. The van der Waals surface area contributed by atoms with E-state index in [9.17, 15) is 26.4 Å². The highest BCUT2D eigenvalue weighted by atomic mass is 32.2. The number of fused-ring (bicyclic) bond motifs is 1. The van der Waals surface area contributed by atoms with Crippen molar-refractivity contribution >= 4 is 26.8 Å². The molecule has 1 aromatic heterocycles. The second kappa shape index (κ2) is 5.20. The number of carbonyl (C=O) groups excluding carboxylic acids is 1. The Morgan fingerprint density at radius 3 is 2.32 bits per heavy atom. The summed E-state index contributed by atoms with van der Waals surface area (Å²) in [4.78, 5) is 18.2. The van der Waals surface area contributed by atoms with Crippen LogP contribution in [0.1, 0.15) is 16.1 Å². The zero-order valence-electron chi connectivity index (χ0n) is 11.3. The summed E-state index contributed by atoms with van der Waals surface area (Å²) < 4.78 is 66.3. The minimum absolute atomic E-state index is 0.0171. The van der Waals surface area contributed by atoms with Crippen molar-refractivity contribution in [3.63, 3.8) is 0 Å². The Hall–Kier alpha value is -2.23. The zero-order chi connectivity index (χ0) is 16.7. The SMILES string of the molecule is COC(=O)c1ccc2nc(C(F)(F)F)c(S(C)(=O)=O)nc2c1. The molecule has 2 rings (SSSR count). The maximum atomic E-state index is 12.9. The molecule has 0 N–H and O–H groups in total. The molecule has 0 aliphatic carbocycles. The monoisotopic (exact) mass is 334 g/mol. The molecule has 0 saturated heterocycles. The number of hydrogen-bond acceptors (Lipinski definition) is 6. The Morgan fingerprint density at radius 1 is 1.18 bits per heavy atom. The molecular weight excluding hydrogens is 325 g/mol. The summed E-state index contributed by atoms with van der Waals surface area (Å²) in [6.07, 6.45) is -4.37. The average molecular weight is 334 g/mol. The average Bonchev–Trinajstić information content (AvgIpc) is 2.42. The fourth-order valence-electron chi connectivity index (χ4n) is 1.73. The molecule has 0 saturated carbocycles. The number of esters is 1. The van der Waals surface area contributed by atoms with E-state index in [1.807, 2.05) is 0 Å². The van der Waals surface area contributed by atoms with E-state index in [-0.39, 0.29) is 16.6 Å². The minimum Gasteiger partial charge on any atom is -0.465 e. The molecule has 0 spiro atoms. The molecule has 0 aliphatic heterocycles. The predicted molar refractivity (Wildman–Crippen MR) is 69.0 cm³/mol. The second-order valence-electron chi connectivity index (χ2n) is 4.34. The van der Waals surface area contributed by atoms with Crippen molar-refractivity contribution in [3.05, 3.63) is 29.5 Å². The van der Waals surface area contributed by atoms with Gasteiger partial charge in [0.25, 0.3) is 0 Å². The van der Waals surface area contributed by atoms with E-state index in [4.69, 9.17) is 0 Å². The van der Waals surface area contributed by atoms with Gasteiger partial charge in [-0.05, 0) is 18.2 Å². The number of ether oxygens (including phenoxy) is 1. The van der Waals surface area contributed by atoms with E-state index >= 15 is 0 Å². The van der Waals surface area contributed by atoms with Gasteiger partial charge < -0.3 is 4.74 Å². The highest BCUT2D eigenvalue weighted by Crippen LogP contribution is 2.33. The van der Waals surface area contributed by atoms with Crippen molar-refractivity contribution in [1.29, 1.82) is 0 Å². The Kier molecular flexibility index (Phi) is 3.81. The number of benzene rings is 1. The number of halogens is 3. The lowest BCUT2D eigenvalue weighted by Crippen LogP contribution is -2.17. The molecule has 6 nitrogen and oxygen atoms in total. The summed E-state index contributed by atoms with van der Waals surface area (Å²) in [5, 5.41) is -1.19. The normalized spacial score (nSPS) is 12.4. The Balaban J connectivity index is 2.81. The minimum atomic E-state index is -4.97. The van der Waals surface area contributed by atoms with Crippen LogP contribution in [0, 0.1) is 0 Å². The van der Waals surface area contributed by atoms with E-state index in [1.54, 1.807) is 0 Å². The summed E-state index contributed by atoms with van der Waals surface area (Å²) in [5.41, 5.74) is -1.92. The summed E-state index contributed by atoms with van der Waals surface area (Å²) in [7, 11) is -3.12. The van der Waals surface area contributed by atoms with Gasteiger partial charge in [-0.25, -0.2) is 23.2 Å². The topological polar surface area (TPSA) is 86.2 Å². The lowest BCUT2D eigenvalue weighted by molar-refractivity contribution is -0.143. The Morgan fingerprint density at radius 2 is 1.82 bits per heavy atom. The summed E-state index contributed by atoms with van der Waals surface area (Å²) in [6, 6.07) is 3.46. The smallest absolute Gasteiger partial charge is 0.436 e. The van der Waals surface area contributed by atoms with E-state index < -0.39 is 32.7 Å². The fourth-order valence-corrected chi connectivity index (χ4v) is 2.50. The van der Waals surface area contributed by atoms with Crippen LogP contribution >= 0.6 is 0 Å². The molecule has 0 unspecified atom stereocenters. The Bertz CT molecular complexity index is 863. The summed E-state index contributed by atoms with van der Waals surface area (Å²) >= 11 is 0.